The highest BCUT2D eigenvalue weighted by Gasteiger charge is 2.38. The number of nitrogens with two attached hydrogens (primary N) is 1. The Morgan fingerprint density at radius 2 is 2.25 bits per heavy atom. The van der Waals surface area contributed by atoms with Crippen LogP contribution in [0.2, 0.25) is 0 Å². The molecule has 0 aliphatic carbocycles. The van der Waals surface area contributed by atoms with Gasteiger partial charge in [-0.3, -0.25) is 14.8 Å². The van der Waals surface area contributed by atoms with Crippen molar-refractivity contribution in [2.75, 3.05) is 18.8 Å². The average Bonchev–Trinajstić information content (AvgIpc) is 3.05. The Balaban J connectivity index is 1.70. The number of hydrogen-bond donors (Lipinski definition) is 3. The Hall–Kier alpha value is -1.56. The topological polar surface area (TPSA) is 87.0 Å². The van der Waals surface area contributed by atoms with Crippen molar-refractivity contribution in [1.29, 1.82) is 0 Å². The quantitative estimate of drug-likeness (QED) is 0.771. The van der Waals surface area contributed by atoms with Gasteiger partial charge in [0.1, 0.15) is 0 Å². The smallest absolute Gasteiger partial charge is 0.274 e. The lowest BCUT2D eigenvalue weighted by molar-refractivity contribution is 0.0925. The third-order valence-electron chi connectivity index (χ3n) is 4.55. The predicted octanol–water partition coefficient (Wildman–Crippen LogP) is 1.08. The van der Waals surface area contributed by atoms with Crippen LogP contribution < -0.4 is 11.1 Å². The fraction of sp³-hybridized carbons (Fsp3) is 0.714. The summed E-state index contributed by atoms with van der Waals surface area (Å²) in [7, 11) is 0. The molecule has 2 unspecified atom stereocenters. The molecule has 20 heavy (non-hydrogen) atoms. The number of fused-ring (bicyclic) bond motifs is 1. The van der Waals surface area contributed by atoms with E-state index >= 15 is 0 Å². The number of nitrogens with one attached hydrogen (secondary N) is 2. The molecule has 6 nitrogen and oxygen atoms in total. The molecule has 0 saturated carbocycles. The summed E-state index contributed by atoms with van der Waals surface area (Å²) in [5, 5.41) is 10.1. The third-order valence-corrected chi connectivity index (χ3v) is 4.55. The molecule has 1 aromatic rings. The third kappa shape index (κ3) is 2.18. The van der Waals surface area contributed by atoms with Crippen molar-refractivity contribution in [3.05, 3.63) is 11.4 Å². The summed E-state index contributed by atoms with van der Waals surface area (Å²) < 4.78 is 0. The van der Waals surface area contributed by atoms with E-state index in [1.165, 1.54) is 19.4 Å². The Labute approximate surface area is 119 Å². The van der Waals surface area contributed by atoms with Gasteiger partial charge in [-0.25, -0.2) is 0 Å². The number of anilines is 1. The van der Waals surface area contributed by atoms with Crippen LogP contribution in [0.3, 0.4) is 0 Å². The molecule has 2 fully saturated rings. The number of aromatic amines is 1. The van der Waals surface area contributed by atoms with Gasteiger partial charge >= 0.3 is 0 Å². The minimum Gasteiger partial charge on any atom is -0.395 e. The predicted molar refractivity (Wildman–Crippen MR) is 77.6 cm³/mol. The minimum atomic E-state index is -0.149. The van der Waals surface area contributed by atoms with Crippen LogP contribution in [0.4, 0.5) is 5.69 Å². The minimum absolute atomic E-state index is 0.149. The van der Waals surface area contributed by atoms with Gasteiger partial charge in [0.05, 0.1) is 11.4 Å². The number of H-pyrrole nitrogens is 1. The number of rotatable bonds is 3. The van der Waals surface area contributed by atoms with Gasteiger partial charge in [0.25, 0.3) is 5.91 Å². The van der Waals surface area contributed by atoms with Gasteiger partial charge in [-0.1, -0.05) is 13.8 Å². The molecule has 2 saturated heterocycles. The maximum Gasteiger partial charge on any atom is 0.274 e. The standard InChI is InChI=1S/C14H23N5O/c1-8(2)12-11(15)13(18-17-12)14(20)16-9-5-7-19-6-3-4-10(9)19/h8-10H,3-7,15H2,1-2H3,(H,16,20)(H,17,18). The van der Waals surface area contributed by atoms with E-state index in [2.05, 4.69) is 20.4 Å². The van der Waals surface area contributed by atoms with Gasteiger partial charge in [-0.15, -0.1) is 0 Å². The van der Waals surface area contributed by atoms with E-state index < -0.39 is 0 Å². The number of amides is 1. The molecule has 3 rings (SSSR count). The average molecular weight is 277 g/mol. The van der Waals surface area contributed by atoms with Crippen LogP contribution in [0.15, 0.2) is 0 Å². The van der Waals surface area contributed by atoms with Gasteiger partial charge in [-0.2, -0.15) is 5.10 Å². The molecule has 0 radical (unpaired) electrons. The lowest BCUT2D eigenvalue weighted by atomic mass is 10.1. The van der Waals surface area contributed by atoms with Crippen molar-refractivity contribution in [1.82, 2.24) is 20.4 Å². The van der Waals surface area contributed by atoms with E-state index in [-0.39, 0.29) is 17.9 Å². The summed E-state index contributed by atoms with van der Waals surface area (Å²) in [5.41, 5.74) is 7.68. The number of hydrogen-bond acceptors (Lipinski definition) is 4. The fourth-order valence-electron chi connectivity index (χ4n) is 3.46. The molecule has 0 spiro atoms. The zero-order valence-electron chi connectivity index (χ0n) is 12.1. The van der Waals surface area contributed by atoms with Crippen LogP contribution >= 0.6 is 0 Å². The maximum atomic E-state index is 12.4. The first kappa shape index (κ1) is 13.4. The molecule has 0 aromatic carbocycles. The van der Waals surface area contributed by atoms with Gasteiger partial charge in [0.2, 0.25) is 0 Å². The van der Waals surface area contributed by atoms with Crippen LogP contribution in [0.1, 0.15) is 55.2 Å². The molecule has 1 amide bonds. The van der Waals surface area contributed by atoms with Crippen molar-refractivity contribution in [2.45, 2.75) is 51.1 Å². The molecule has 110 valence electrons. The summed E-state index contributed by atoms with van der Waals surface area (Å²) in [6.45, 7) is 6.31. The molecular weight excluding hydrogens is 254 g/mol. The number of nitrogens with zero attached hydrogens (tertiary/aromatic N) is 2. The van der Waals surface area contributed by atoms with Crippen LogP contribution in [0.5, 0.6) is 0 Å². The number of carbonyl (C=O) groups excluding carboxylic acids is 1. The van der Waals surface area contributed by atoms with E-state index in [1.54, 1.807) is 0 Å². The van der Waals surface area contributed by atoms with E-state index in [9.17, 15) is 4.79 Å². The number of carbonyl (C=O) groups is 1. The molecule has 2 aliphatic heterocycles. The summed E-state index contributed by atoms with van der Waals surface area (Å²) >= 11 is 0. The van der Waals surface area contributed by atoms with Crippen molar-refractivity contribution in [2.24, 2.45) is 0 Å². The summed E-state index contributed by atoms with van der Waals surface area (Å²) in [5.74, 6) is 0.0882. The first-order valence-corrected chi connectivity index (χ1v) is 7.46. The molecule has 4 N–H and O–H groups in total. The van der Waals surface area contributed by atoms with Crippen molar-refractivity contribution >= 4 is 11.6 Å². The van der Waals surface area contributed by atoms with Crippen LogP contribution in [0.25, 0.3) is 0 Å². The van der Waals surface area contributed by atoms with E-state index in [4.69, 9.17) is 5.73 Å². The molecular formula is C14H23N5O. The Kier molecular flexibility index (Phi) is 3.41. The summed E-state index contributed by atoms with van der Waals surface area (Å²) in [4.78, 5) is 14.8. The second-order valence-corrected chi connectivity index (χ2v) is 6.17. The van der Waals surface area contributed by atoms with Crippen molar-refractivity contribution < 1.29 is 4.79 Å². The van der Waals surface area contributed by atoms with Crippen molar-refractivity contribution in [3.63, 3.8) is 0 Å². The van der Waals surface area contributed by atoms with Crippen LogP contribution in [0, 0.1) is 0 Å². The summed E-state index contributed by atoms with van der Waals surface area (Å²) in [6.07, 6.45) is 3.44. The Bertz CT molecular complexity index is 510. The molecule has 6 heteroatoms. The number of nitrogen functional groups attached to an aromatic ring is 1. The van der Waals surface area contributed by atoms with E-state index in [0.717, 1.165) is 18.7 Å². The van der Waals surface area contributed by atoms with Crippen molar-refractivity contribution in [3.8, 4) is 0 Å². The zero-order chi connectivity index (χ0) is 14.3. The SMILES string of the molecule is CC(C)c1[nH]nc(C(=O)NC2CCN3CCCC23)c1N. The molecule has 3 heterocycles. The number of aromatic nitrogens is 2. The van der Waals surface area contributed by atoms with Gasteiger partial charge in [0.15, 0.2) is 5.69 Å². The highest BCUT2D eigenvalue weighted by atomic mass is 16.2. The molecule has 0 bridgehead atoms. The lowest BCUT2D eigenvalue weighted by Crippen LogP contribution is -2.42. The second kappa shape index (κ2) is 5.09. The normalized spacial score (nSPS) is 26.1. The molecule has 2 atom stereocenters. The van der Waals surface area contributed by atoms with Crippen LogP contribution in [-0.4, -0.2) is 46.2 Å². The van der Waals surface area contributed by atoms with Gasteiger partial charge < -0.3 is 11.1 Å². The monoisotopic (exact) mass is 277 g/mol. The Morgan fingerprint density at radius 3 is 2.95 bits per heavy atom. The fourth-order valence-corrected chi connectivity index (χ4v) is 3.46. The largest absolute Gasteiger partial charge is 0.395 e. The first-order valence-electron chi connectivity index (χ1n) is 7.46. The first-order chi connectivity index (χ1) is 9.58. The zero-order valence-corrected chi connectivity index (χ0v) is 12.1. The van der Waals surface area contributed by atoms with E-state index in [1.807, 2.05) is 13.8 Å². The maximum absolute atomic E-state index is 12.4. The van der Waals surface area contributed by atoms with Crippen LogP contribution in [-0.2, 0) is 0 Å². The highest BCUT2D eigenvalue weighted by Crippen LogP contribution is 2.28. The highest BCUT2D eigenvalue weighted by molar-refractivity contribution is 5.97. The van der Waals surface area contributed by atoms with Gasteiger partial charge in [0, 0.05) is 18.6 Å². The second-order valence-electron chi connectivity index (χ2n) is 6.17. The summed E-state index contributed by atoms with van der Waals surface area (Å²) in [6, 6.07) is 0.743. The molecule has 1 aromatic heterocycles. The van der Waals surface area contributed by atoms with Gasteiger partial charge in [-0.05, 0) is 31.7 Å². The van der Waals surface area contributed by atoms with E-state index in [0.29, 0.717) is 17.4 Å². The Morgan fingerprint density at radius 1 is 1.45 bits per heavy atom. The lowest BCUT2D eigenvalue weighted by Gasteiger charge is -2.20. The molecule has 2 aliphatic rings.